The van der Waals surface area contributed by atoms with E-state index >= 15 is 0 Å². The van der Waals surface area contributed by atoms with Gasteiger partial charge >= 0.3 is 0 Å². The first-order valence-electron chi connectivity index (χ1n) is 5.33. The number of nitrogens with zero attached hydrogens (tertiary/aromatic N) is 1. The van der Waals surface area contributed by atoms with Gasteiger partial charge in [0, 0.05) is 12.1 Å². The third-order valence-corrected chi connectivity index (χ3v) is 2.92. The molecule has 0 aliphatic heterocycles. The number of carbonyl (C=O) groups is 1. The summed E-state index contributed by atoms with van der Waals surface area (Å²) >= 11 is 0. The van der Waals surface area contributed by atoms with Crippen molar-refractivity contribution in [3.05, 3.63) is 29.8 Å². The lowest BCUT2D eigenvalue weighted by Crippen LogP contribution is -2.08. The molecule has 1 saturated carbocycles. The second-order valence-corrected chi connectivity index (χ2v) is 4.13. The lowest BCUT2D eigenvalue weighted by atomic mass is 10.1. The summed E-state index contributed by atoms with van der Waals surface area (Å²) in [5.41, 5.74) is 3.22. The largest absolute Gasteiger partial charge is 0.299 e. The highest BCUT2D eigenvalue weighted by Crippen LogP contribution is 2.22. The molecule has 2 heteroatoms. The Balaban J connectivity index is 2.23. The van der Waals surface area contributed by atoms with Crippen LogP contribution in [0, 0.1) is 12.8 Å². The summed E-state index contributed by atoms with van der Waals surface area (Å²) in [5.74, 6) is 0.340. The number of carbonyl (C=O) groups excluding carboxylic acids is 1. The summed E-state index contributed by atoms with van der Waals surface area (Å²) in [4.78, 5) is 15.9. The van der Waals surface area contributed by atoms with Crippen molar-refractivity contribution in [3.8, 4) is 0 Å². The number of rotatable bonds is 1. The summed E-state index contributed by atoms with van der Waals surface area (Å²) in [6.45, 7) is 4.00. The number of ketones is 1. The molecule has 0 aromatic heterocycles. The minimum absolute atomic E-state index is 0.0197. The Morgan fingerprint density at radius 3 is 2.40 bits per heavy atom. The number of benzene rings is 1. The highest BCUT2D eigenvalue weighted by atomic mass is 16.1. The quantitative estimate of drug-likeness (QED) is 0.686. The second kappa shape index (κ2) is 3.97. The van der Waals surface area contributed by atoms with E-state index in [9.17, 15) is 4.79 Å². The zero-order valence-corrected chi connectivity index (χ0v) is 9.16. The van der Waals surface area contributed by atoms with Crippen molar-refractivity contribution in [1.29, 1.82) is 0 Å². The standard InChI is InChI=1S/C13H15NO/c1-9-3-5-11(6-4-9)14-12-7-8-13(15)10(12)2/h3-6,10H,7-8H2,1-2H3. The number of hydrogen-bond donors (Lipinski definition) is 0. The Morgan fingerprint density at radius 1 is 1.20 bits per heavy atom. The van der Waals surface area contributed by atoms with Crippen molar-refractivity contribution in [1.82, 2.24) is 0 Å². The van der Waals surface area contributed by atoms with Gasteiger partial charge in [-0.25, -0.2) is 0 Å². The van der Waals surface area contributed by atoms with Crippen LogP contribution in [0.1, 0.15) is 25.3 Å². The van der Waals surface area contributed by atoms with Gasteiger partial charge in [-0.1, -0.05) is 24.6 Å². The molecule has 1 unspecified atom stereocenters. The smallest absolute Gasteiger partial charge is 0.141 e. The maximum atomic E-state index is 11.3. The van der Waals surface area contributed by atoms with Crippen molar-refractivity contribution < 1.29 is 4.79 Å². The molecule has 0 radical (unpaired) electrons. The molecule has 1 aromatic carbocycles. The van der Waals surface area contributed by atoms with Crippen LogP contribution in [0.5, 0.6) is 0 Å². The predicted octanol–water partition coefficient (Wildman–Crippen LogP) is 3.07. The molecule has 1 aliphatic rings. The van der Waals surface area contributed by atoms with E-state index < -0.39 is 0 Å². The van der Waals surface area contributed by atoms with Gasteiger partial charge < -0.3 is 0 Å². The molecular weight excluding hydrogens is 186 g/mol. The second-order valence-electron chi connectivity index (χ2n) is 4.13. The Hall–Kier alpha value is -1.44. The third-order valence-electron chi connectivity index (χ3n) is 2.92. The topological polar surface area (TPSA) is 29.4 Å². The van der Waals surface area contributed by atoms with Gasteiger partial charge in [0.1, 0.15) is 5.78 Å². The van der Waals surface area contributed by atoms with Crippen LogP contribution in [0.15, 0.2) is 29.3 Å². The van der Waals surface area contributed by atoms with Gasteiger partial charge in [0.25, 0.3) is 0 Å². The van der Waals surface area contributed by atoms with Crippen LogP contribution in [-0.4, -0.2) is 11.5 Å². The van der Waals surface area contributed by atoms with Gasteiger partial charge in [0.15, 0.2) is 0 Å². The zero-order chi connectivity index (χ0) is 10.8. The van der Waals surface area contributed by atoms with Gasteiger partial charge in [0.05, 0.1) is 11.6 Å². The maximum Gasteiger partial charge on any atom is 0.141 e. The van der Waals surface area contributed by atoms with Crippen molar-refractivity contribution in [2.75, 3.05) is 0 Å². The molecule has 0 spiro atoms. The molecule has 2 nitrogen and oxygen atoms in total. The average molecular weight is 201 g/mol. The third kappa shape index (κ3) is 2.14. The summed E-state index contributed by atoms with van der Waals surface area (Å²) < 4.78 is 0. The van der Waals surface area contributed by atoms with E-state index in [1.54, 1.807) is 0 Å². The summed E-state index contributed by atoms with van der Waals surface area (Å²) in [6, 6.07) is 8.08. The minimum Gasteiger partial charge on any atom is -0.299 e. The van der Waals surface area contributed by atoms with Crippen LogP contribution in [0.25, 0.3) is 0 Å². The highest BCUT2D eigenvalue weighted by Gasteiger charge is 2.26. The Morgan fingerprint density at radius 2 is 1.87 bits per heavy atom. The molecule has 1 aliphatic carbocycles. The van der Waals surface area contributed by atoms with E-state index in [2.05, 4.69) is 11.9 Å². The first-order valence-corrected chi connectivity index (χ1v) is 5.33. The maximum absolute atomic E-state index is 11.3. The van der Waals surface area contributed by atoms with Crippen LogP contribution in [0.4, 0.5) is 5.69 Å². The molecule has 0 saturated heterocycles. The summed E-state index contributed by atoms with van der Waals surface area (Å²) in [7, 11) is 0. The van der Waals surface area contributed by atoms with Crippen molar-refractivity contribution in [3.63, 3.8) is 0 Å². The number of aliphatic imine (C=N–C) groups is 1. The minimum atomic E-state index is 0.0197. The molecular formula is C13H15NO. The number of hydrogen-bond acceptors (Lipinski definition) is 2. The van der Waals surface area contributed by atoms with E-state index in [1.807, 2.05) is 31.2 Å². The van der Waals surface area contributed by atoms with Gasteiger partial charge in [0.2, 0.25) is 0 Å². The van der Waals surface area contributed by atoms with Gasteiger partial charge in [-0.05, 0) is 25.5 Å². The zero-order valence-electron chi connectivity index (χ0n) is 9.16. The molecule has 1 atom stereocenters. The van der Waals surface area contributed by atoms with Crippen LogP contribution in [-0.2, 0) is 4.79 Å². The fourth-order valence-corrected chi connectivity index (χ4v) is 1.81. The molecule has 0 heterocycles. The Labute approximate surface area is 90.0 Å². The number of Topliss-reactive ketones (excluding diaryl/α,β-unsaturated/α-hetero) is 1. The molecule has 78 valence electrons. The van der Waals surface area contributed by atoms with Crippen molar-refractivity contribution in [2.24, 2.45) is 10.9 Å². The fraction of sp³-hybridized carbons (Fsp3) is 0.385. The Bertz CT molecular complexity index is 403. The van der Waals surface area contributed by atoms with Gasteiger partial charge in [-0.2, -0.15) is 0 Å². The average Bonchev–Trinajstić information content (AvgIpc) is 2.53. The predicted molar refractivity (Wildman–Crippen MR) is 61.7 cm³/mol. The van der Waals surface area contributed by atoms with E-state index in [1.165, 1.54) is 5.56 Å². The molecule has 15 heavy (non-hydrogen) atoms. The van der Waals surface area contributed by atoms with E-state index in [0.717, 1.165) is 17.8 Å². The normalized spacial score (nSPS) is 23.7. The van der Waals surface area contributed by atoms with Crippen LogP contribution in [0.3, 0.4) is 0 Å². The monoisotopic (exact) mass is 201 g/mol. The first kappa shape index (κ1) is 10.1. The van der Waals surface area contributed by atoms with E-state index in [4.69, 9.17) is 0 Å². The van der Waals surface area contributed by atoms with E-state index in [-0.39, 0.29) is 5.92 Å². The van der Waals surface area contributed by atoms with Crippen molar-refractivity contribution in [2.45, 2.75) is 26.7 Å². The molecule has 0 N–H and O–H groups in total. The molecule has 1 aromatic rings. The SMILES string of the molecule is Cc1ccc(N=C2CCC(=O)C2C)cc1. The highest BCUT2D eigenvalue weighted by molar-refractivity contribution is 6.11. The number of aryl methyl sites for hydroxylation is 1. The molecule has 0 bridgehead atoms. The Kier molecular flexibility index (Phi) is 2.67. The van der Waals surface area contributed by atoms with Crippen LogP contribution in [0.2, 0.25) is 0 Å². The summed E-state index contributed by atoms with van der Waals surface area (Å²) in [5, 5.41) is 0. The van der Waals surface area contributed by atoms with Gasteiger partial charge in [-0.3, -0.25) is 9.79 Å². The van der Waals surface area contributed by atoms with Gasteiger partial charge in [-0.15, -0.1) is 0 Å². The lowest BCUT2D eigenvalue weighted by Gasteiger charge is -2.02. The molecule has 2 rings (SSSR count). The molecule has 0 amide bonds. The first-order chi connectivity index (χ1) is 7.16. The van der Waals surface area contributed by atoms with Crippen molar-refractivity contribution >= 4 is 17.2 Å². The fourth-order valence-electron chi connectivity index (χ4n) is 1.81. The van der Waals surface area contributed by atoms with E-state index in [0.29, 0.717) is 12.2 Å². The lowest BCUT2D eigenvalue weighted by molar-refractivity contribution is -0.119. The van der Waals surface area contributed by atoms with Crippen LogP contribution < -0.4 is 0 Å². The van der Waals surface area contributed by atoms with Crippen LogP contribution >= 0.6 is 0 Å². The molecule has 1 fully saturated rings. The summed E-state index contributed by atoms with van der Waals surface area (Å²) in [6.07, 6.45) is 1.49.